The number of nitrogens with one attached hydrogen (secondary N) is 1. The molecule has 6 nitrogen and oxygen atoms in total. The lowest BCUT2D eigenvalue weighted by Gasteiger charge is -2.40. The van der Waals surface area contributed by atoms with Crippen LogP contribution in [0, 0.1) is 18.7 Å². The van der Waals surface area contributed by atoms with E-state index in [9.17, 15) is 9.18 Å². The predicted octanol–water partition coefficient (Wildman–Crippen LogP) is 5.05. The molecule has 3 heterocycles. The highest BCUT2D eigenvalue weighted by Crippen LogP contribution is 2.33. The Kier molecular flexibility index (Phi) is 6.48. The largest absolute Gasteiger partial charge is 0.352 e. The summed E-state index contributed by atoms with van der Waals surface area (Å²) in [6.07, 6.45) is 5.06. The Morgan fingerprint density at radius 3 is 2.71 bits per heavy atom. The van der Waals surface area contributed by atoms with Crippen LogP contribution >= 0.6 is 22.9 Å². The van der Waals surface area contributed by atoms with Gasteiger partial charge in [-0.15, -0.1) is 11.3 Å². The van der Waals surface area contributed by atoms with Crippen LogP contribution in [-0.4, -0.2) is 44.9 Å². The van der Waals surface area contributed by atoms with E-state index in [0.29, 0.717) is 35.7 Å². The lowest BCUT2D eigenvalue weighted by molar-refractivity contribution is 0.0535. The number of hydrogen-bond acceptors (Lipinski definition) is 6. The molecule has 2 aromatic heterocycles. The first-order chi connectivity index (χ1) is 14.9. The minimum absolute atomic E-state index is 0.0244. The van der Waals surface area contributed by atoms with Crippen LogP contribution in [0.1, 0.15) is 35.3 Å². The van der Waals surface area contributed by atoms with Crippen LogP contribution in [0.2, 0.25) is 5.02 Å². The number of aryl methyl sites for hydroxylation is 1. The van der Waals surface area contributed by atoms with Crippen molar-refractivity contribution in [3.05, 3.63) is 58.2 Å². The molecule has 3 aromatic rings. The molecule has 0 spiro atoms. The normalized spacial score (nSPS) is 18.8. The number of nitrogens with zero attached hydrogens (tertiary/aromatic N) is 4. The van der Waals surface area contributed by atoms with E-state index in [1.54, 1.807) is 12.1 Å². The maximum atomic E-state index is 13.6. The van der Waals surface area contributed by atoms with Crippen LogP contribution < -0.4 is 5.32 Å². The zero-order chi connectivity index (χ0) is 22.0. The number of aromatic nitrogens is 3. The molecule has 2 unspecified atom stereocenters. The molecule has 0 bridgehead atoms. The molecule has 1 N–H and O–H groups in total. The second-order valence-corrected chi connectivity index (χ2v) is 9.35. The summed E-state index contributed by atoms with van der Waals surface area (Å²) >= 11 is 7.31. The third kappa shape index (κ3) is 4.85. The Hall–Kier alpha value is -2.58. The molecule has 1 aromatic carbocycles. The number of piperidine rings is 1. The van der Waals surface area contributed by atoms with Gasteiger partial charge in [-0.3, -0.25) is 4.79 Å². The average molecular weight is 460 g/mol. The lowest BCUT2D eigenvalue weighted by Crippen LogP contribution is -2.51. The second-order valence-electron chi connectivity index (χ2n) is 7.71. The molecule has 0 aliphatic carbocycles. The third-order valence-corrected chi connectivity index (χ3v) is 6.72. The summed E-state index contributed by atoms with van der Waals surface area (Å²) in [5, 5.41) is 4.51. The third-order valence-electron chi connectivity index (χ3n) is 5.51. The number of hydrogen-bond donors (Lipinski definition) is 1. The number of carbonyl (C=O) groups is 1. The van der Waals surface area contributed by atoms with E-state index >= 15 is 0 Å². The zero-order valence-corrected chi connectivity index (χ0v) is 18.9. The van der Waals surface area contributed by atoms with Crippen LogP contribution in [-0.2, 0) is 0 Å². The molecule has 162 valence electrons. The van der Waals surface area contributed by atoms with E-state index < -0.39 is 0 Å². The first kappa shape index (κ1) is 21.6. The first-order valence-electron chi connectivity index (χ1n) is 10.2. The van der Waals surface area contributed by atoms with E-state index in [1.807, 2.05) is 11.8 Å². The average Bonchev–Trinajstić information content (AvgIpc) is 3.15. The molecular weight excluding hydrogens is 437 g/mol. The van der Waals surface area contributed by atoms with E-state index in [0.717, 1.165) is 28.3 Å². The van der Waals surface area contributed by atoms with Gasteiger partial charge in [0.05, 0.1) is 33.3 Å². The number of amides is 1. The molecule has 0 saturated carbocycles. The highest BCUT2D eigenvalue weighted by atomic mass is 35.5. The van der Waals surface area contributed by atoms with Crippen molar-refractivity contribution in [3.8, 4) is 10.4 Å². The zero-order valence-electron chi connectivity index (χ0n) is 17.3. The van der Waals surface area contributed by atoms with Crippen molar-refractivity contribution in [1.82, 2.24) is 19.9 Å². The van der Waals surface area contributed by atoms with Gasteiger partial charge in [-0.05, 0) is 43.4 Å². The van der Waals surface area contributed by atoms with Crippen molar-refractivity contribution >= 4 is 34.8 Å². The van der Waals surface area contributed by atoms with Crippen LogP contribution in [0.15, 0.2) is 36.7 Å². The van der Waals surface area contributed by atoms with Crippen LogP contribution in [0.3, 0.4) is 0 Å². The van der Waals surface area contributed by atoms with Crippen molar-refractivity contribution in [2.45, 2.75) is 32.7 Å². The molecule has 1 amide bonds. The number of likely N-dealkylation sites (tertiary alicyclic amines) is 1. The van der Waals surface area contributed by atoms with Crippen LogP contribution in [0.5, 0.6) is 0 Å². The Balaban J connectivity index is 1.58. The Morgan fingerprint density at radius 1 is 1.29 bits per heavy atom. The summed E-state index contributed by atoms with van der Waals surface area (Å²) in [6.45, 7) is 5.23. The van der Waals surface area contributed by atoms with Gasteiger partial charge in [-0.2, -0.15) is 0 Å². The van der Waals surface area contributed by atoms with Gasteiger partial charge in [0.2, 0.25) is 5.95 Å². The number of rotatable bonds is 5. The smallest absolute Gasteiger partial charge is 0.274 e. The van der Waals surface area contributed by atoms with Gasteiger partial charge >= 0.3 is 0 Å². The molecular formula is C22H23ClFN5OS. The molecule has 4 rings (SSSR count). The fourth-order valence-electron chi connectivity index (χ4n) is 3.92. The van der Waals surface area contributed by atoms with E-state index in [-0.39, 0.29) is 17.8 Å². The van der Waals surface area contributed by atoms with Gasteiger partial charge in [-0.25, -0.2) is 19.3 Å². The Labute approximate surface area is 189 Å². The fraction of sp³-hybridized carbons (Fsp3) is 0.364. The number of thiazole rings is 1. The predicted molar refractivity (Wildman–Crippen MR) is 121 cm³/mol. The number of carbonyl (C=O) groups excluding carboxylic acids is 1. The molecule has 1 aliphatic heterocycles. The molecule has 9 heteroatoms. The van der Waals surface area contributed by atoms with Crippen LogP contribution in [0.4, 0.5) is 10.3 Å². The topological polar surface area (TPSA) is 71.0 Å². The van der Waals surface area contributed by atoms with E-state index in [4.69, 9.17) is 11.6 Å². The molecule has 31 heavy (non-hydrogen) atoms. The number of benzene rings is 1. The summed E-state index contributed by atoms with van der Waals surface area (Å²) in [4.78, 5) is 29.2. The quantitative estimate of drug-likeness (QED) is 0.577. The Morgan fingerprint density at radius 2 is 2.00 bits per heavy atom. The van der Waals surface area contributed by atoms with E-state index in [2.05, 4.69) is 27.2 Å². The van der Waals surface area contributed by atoms with Gasteiger partial charge in [0.25, 0.3) is 5.91 Å². The van der Waals surface area contributed by atoms with Crippen molar-refractivity contribution < 1.29 is 9.18 Å². The molecule has 1 aliphatic rings. The fourth-order valence-corrected chi connectivity index (χ4v) is 4.93. The van der Waals surface area contributed by atoms with Crippen LogP contribution in [0.25, 0.3) is 10.4 Å². The minimum atomic E-state index is -0.307. The van der Waals surface area contributed by atoms with Gasteiger partial charge in [-0.1, -0.05) is 30.7 Å². The van der Waals surface area contributed by atoms with Gasteiger partial charge in [0, 0.05) is 13.1 Å². The van der Waals surface area contributed by atoms with E-state index in [1.165, 1.54) is 35.9 Å². The molecule has 1 fully saturated rings. The van der Waals surface area contributed by atoms with Crippen molar-refractivity contribution in [2.24, 2.45) is 5.92 Å². The van der Waals surface area contributed by atoms with Crippen molar-refractivity contribution in [1.29, 1.82) is 0 Å². The number of halogens is 2. The SMILES string of the molecule is Cc1nc(C(=O)N2CCCC(C)C2CNc2ncc(Cl)cn2)c(-c2ccc(F)cc2)s1. The first-order valence-corrected chi connectivity index (χ1v) is 11.4. The minimum Gasteiger partial charge on any atom is -0.352 e. The monoisotopic (exact) mass is 459 g/mol. The maximum absolute atomic E-state index is 13.6. The van der Waals surface area contributed by atoms with Gasteiger partial charge in [0.15, 0.2) is 0 Å². The standard InChI is InChI=1S/C22H23ClFN5OS/c1-13-4-3-9-29(18(13)12-27-22-25-10-16(23)11-26-22)21(30)19-20(31-14(2)28-19)15-5-7-17(24)8-6-15/h5-8,10-11,13,18H,3-4,9,12H2,1-2H3,(H,25,26,27). The number of anilines is 1. The lowest BCUT2D eigenvalue weighted by atomic mass is 9.90. The highest BCUT2D eigenvalue weighted by Gasteiger charge is 2.34. The molecule has 0 radical (unpaired) electrons. The van der Waals surface area contributed by atoms with Gasteiger partial charge in [0.1, 0.15) is 11.5 Å². The van der Waals surface area contributed by atoms with Crippen molar-refractivity contribution in [2.75, 3.05) is 18.4 Å². The van der Waals surface area contributed by atoms with Crippen molar-refractivity contribution in [3.63, 3.8) is 0 Å². The van der Waals surface area contributed by atoms with Gasteiger partial charge < -0.3 is 10.2 Å². The second kappa shape index (κ2) is 9.28. The molecule has 2 atom stereocenters. The highest BCUT2D eigenvalue weighted by molar-refractivity contribution is 7.15. The Bertz CT molecular complexity index is 1060. The summed E-state index contributed by atoms with van der Waals surface area (Å²) in [7, 11) is 0. The maximum Gasteiger partial charge on any atom is 0.274 e. The summed E-state index contributed by atoms with van der Waals surface area (Å²) in [6, 6.07) is 6.16. The summed E-state index contributed by atoms with van der Waals surface area (Å²) in [5.41, 5.74) is 1.22. The summed E-state index contributed by atoms with van der Waals surface area (Å²) < 4.78 is 13.4. The summed E-state index contributed by atoms with van der Waals surface area (Å²) in [5.74, 6) is 0.384. The molecule has 1 saturated heterocycles.